The van der Waals surface area contributed by atoms with E-state index in [-0.39, 0.29) is 11.7 Å². The van der Waals surface area contributed by atoms with Gasteiger partial charge in [0.15, 0.2) is 5.78 Å². The van der Waals surface area contributed by atoms with Crippen molar-refractivity contribution in [1.29, 1.82) is 0 Å². The zero-order valence-electron chi connectivity index (χ0n) is 10.7. The standard InChI is InChI=1S/C14H19NO2/c1-9-4-5-12(14(17-3)10(9)2)13(16)11-6-7-15-8-11/h4-5,11,15H,6-8H2,1-3H3. The van der Waals surface area contributed by atoms with Crippen LogP contribution in [0.5, 0.6) is 5.75 Å². The Morgan fingerprint density at radius 2 is 2.18 bits per heavy atom. The van der Waals surface area contributed by atoms with Crippen molar-refractivity contribution in [3.63, 3.8) is 0 Å². The van der Waals surface area contributed by atoms with E-state index in [9.17, 15) is 4.79 Å². The maximum absolute atomic E-state index is 12.4. The van der Waals surface area contributed by atoms with Gasteiger partial charge in [-0.15, -0.1) is 0 Å². The number of Topliss-reactive ketones (excluding diaryl/α,β-unsaturated/α-hetero) is 1. The molecule has 17 heavy (non-hydrogen) atoms. The van der Waals surface area contributed by atoms with E-state index in [0.717, 1.165) is 42.0 Å². The number of rotatable bonds is 3. The van der Waals surface area contributed by atoms with Gasteiger partial charge in [-0.05, 0) is 44.0 Å². The minimum atomic E-state index is 0.103. The summed E-state index contributed by atoms with van der Waals surface area (Å²) in [7, 11) is 1.63. The summed E-state index contributed by atoms with van der Waals surface area (Å²) >= 11 is 0. The van der Waals surface area contributed by atoms with Gasteiger partial charge in [-0.25, -0.2) is 0 Å². The summed E-state index contributed by atoms with van der Waals surface area (Å²) < 4.78 is 5.40. The largest absolute Gasteiger partial charge is 0.496 e. The van der Waals surface area contributed by atoms with E-state index in [4.69, 9.17) is 4.74 Å². The van der Waals surface area contributed by atoms with Gasteiger partial charge in [-0.3, -0.25) is 4.79 Å². The van der Waals surface area contributed by atoms with Crippen LogP contribution in [0.1, 0.15) is 27.9 Å². The lowest BCUT2D eigenvalue weighted by atomic mass is 9.93. The van der Waals surface area contributed by atoms with E-state index >= 15 is 0 Å². The van der Waals surface area contributed by atoms with Crippen molar-refractivity contribution in [2.45, 2.75) is 20.3 Å². The smallest absolute Gasteiger partial charge is 0.170 e. The maximum atomic E-state index is 12.4. The summed E-state index contributed by atoms with van der Waals surface area (Å²) in [6.07, 6.45) is 0.926. The predicted octanol–water partition coefficient (Wildman–Crippen LogP) is 2.10. The highest BCUT2D eigenvalue weighted by Gasteiger charge is 2.26. The zero-order chi connectivity index (χ0) is 12.4. The van der Waals surface area contributed by atoms with Gasteiger partial charge in [0.05, 0.1) is 12.7 Å². The molecule has 1 aromatic carbocycles. The Morgan fingerprint density at radius 1 is 1.41 bits per heavy atom. The Kier molecular flexibility index (Phi) is 3.48. The first-order valence-corrected chi connectivity index (χ1v) is 6.04. The molecule has 1 N–H and O–H groups in total. The third kappa shape index (κ3) is 2.20. The Labute approximate surface area is 102 Å². The Morgan fingerprint density at radius 3 is 2.76 bits per heavy atom. The predicted molar refractivity (Wildman–Crippen MR) is 67.8 cm³/mol. The number of nitrogens with one attached hydrogen (secondary N) is 1. The van der Waals surface area contributed by atoms with Gasteiger partial charge in [0, 0.05) is 12.5 Å². The van der Waals surface area contributed by atoms with Crippen molar-refractivity contribution >= 4 is 5.78 Å². The summed E-state index contributed by atoms with van der Waals surface area (Å²) in [5.41, 5.74) is 2.94. The summed E-state index contributed by atoms with van der Waals surface area (Å²) in [4.78, 5) is 12.4. The van der Waals surface area contributed by atoms with Crippen molar-refractivity contribution in [2.24, 2.45) is 5.92 Å². The van der Waals surface area contributed by atoms with E-state index in [2.05, 4.69) is 5.32 Å². The van der Waals surface area contributed by atoms with Gasteiger partial charge in [0.1, 0.15) is 5.75 Å². The molecule has 1 unspecified atom stereocenters. The number of aryl methyl sites for hydroxylation is 1. The minimum Gasteiger partial charge on any atom is -0.496 e. The average Bonchev–Trinajstić information content (AvgIpc) is 2.85. The number of hydrogen-bond donors (Lipinski definition) is 1. The van der Waals surface area contributed by atoms with Gasteiger partial charge in [-0.2, -0.15) is 0 Å². The lowest BCUT2D eigenvalue weighted by Gasteiger charge is -2.15. The number of ketones is 1. The normalized spacial score (nSPS) is 19.4. The molecule has 0 saturated carbocycles. The molecule has 1 aromatic rings. The number of methoxy groups -OCH3 is 1. The summed E-state index contributed by atoms with van der Waals surface area (Å²) in [6, 6.07) is 3.88. The Bertz CT molecular complexity index is 434. The number of ether oxygens (including phenoxy) is 1. The van der Waals surface area contributed by atoms with Gasteiger partial charge >= 0.3 is 0 Å². The highest BCUT2D eigenvalue weighted by molar-refractivity contribution is 6.01. The first-order valence-electron chi connectivity index (χ1n) is 6.04. The molecule has 0 aromatic heterocycles. The van der Waals surface area contributed by atoms with E-state index in [0.29, 0.717) is 0 Å². The molecular weight excluding hydrogens is 214 g/mol. The van der Waals surface area contributed by atoms with Crippen molar-refractivity contribution in [3.8, 4) is 5.75 Å². The average molecular weight is 233 g/mol. The van der Waals surface area contributed by atoms with Crippen molar-refractivity contribution in [2.75, 3.05) is 20.2 Å². The second kappa shape index (κ2) is 4.88. The van der Waals surface area contributed by atoms with Crippen LogP contribution in [-0.2, 0) is 0 Å². The topological polar surface area (TPSA) is 38.3 Å². The summed E-state index contributed by atoms with van der Waals surface area (Å²) in [6.45, 7) is 5.75. The van der Waals surface area contributed by atoms with Gasteiger partial charge in [0.25, 0.3) is 0 Å². The van der Waals surface area contributed by atoms with Crippen LogP contribution < -0.4 is 10.1 Å². The number of hydrogen-bond acceptors (Lipinski definition) is 3. The van der Waals surface area contributed by atoms with E-state index in [1.54, 1.807) is 7.11 Å². The molecule has 1 saturated heterocycles. The monoisotopic (exact) mass is 233 g/mol. The minimum absolute atomic E-state index is 0.103. The molecule has 1 aliphatic rings. The second-order valence-corrected chi connectivity index (χ2v) is 4.64. The first-order chi connectivity index (χ1) is 8.15. The summed E-state index contributed by atoms with van der Waals surface area (Å²) in [5, 5.41) is 3.22. The molecule has 92 valence electrons. The molecule has 1 heterocycles. The highest BCUT2D eigenvalue weighted by atomic mass is 16.5. The van der Waals surface area contributed by atoms with Crippen molar-refractivity contribution < 1.29 is 9.53 Å². The molecule has 1 atom stereocenters. The first kappa shape index (κ1) is 12.1. The maximum Gasteiger partial charge on any atom is 0.170 e. The molecule has 0 radical (unpaired) electrons. The Hall–Kier alpha value is -1.35. The number of benzene rings is 1. The third-order valence-electron chi connectivity index (χ3n) is 3.58. The van der Waals surface area contributed by atoms with Gasteiger partial charge in [-0.1, -0.05) is 6.07 Å². The molecule has 0 bridgehead atoms. The lowest BCUT2D eigenvalue weighted by molar-refractivity contribution is 0.0927. The SMILES string of the molecule is COc1c(C(=O)C2CCNC2)ccc(C)c1C. The van der Waals surface area contributed by atoms with E-state index < -0.39 is 0 Å². The fourth-order valence-electron chi connectivity index (χ4n) is 2.35. The third-order valence-corrected chi connectivity index (χ3v) is 3.58. The van der Waals surface area contributed by atoms with Crippen LogP contribution in [0.15, 0.2) is 12.1 Å². The molecule has 1 fully saturated rings. The highest BCUT2D eigenvalue weighted by Crippen LogP contribution is 2.29. The van der Waals surface area contributed by atoms with Crippen LogP contribution in [0.4, 0.5) is 0 Å². The fraction of sp³-hybridized carbons (Fsp3) is 0.500. The molecule has 2 rings (SSSR count). The number of carbonyl (C=O) groups is 1. The van der Waals surface area contributed by atoms with Gasteiger partial charge in [0.2, 0.25) is 0 Å². The Balaban J connectivity index is 2.37. The molecule has 0 amide bonds. The molecule has 1 aliphatic heterocycles. The van der Waals surface area contributed by atoms with E-state index in [1.807, 2.05) is 26.0 Å². The van der Waals surface area contributed by atoms with Crippen LogP contribution >= 0.6 is 0 Å². The van der Waals surface area contributed by atoms with E-state index in [1.165, 1.54) is 0 Å². The van der Waals surface area contributed by atoms with Crippen LogP contribution in [0.2, 0.25) is 0 Å². The van der Waals surface area contributed by atoms with Gasteiger partial charge < -0.3 is 10.1 Å². The van der Waals surface area contributed by atoms with Crippen LogP contribution in [0, 0.1) is 19.8 Å². The molecule has 3 nitrogen and oxygen atoms in total. The fourth-order valence-corrected chi connectivity index (χ4v) is 2.35. The van der Waals surface area contributed by atoms with Crippen LogP contribution in [0.25, 0.3) is 0 Å². The number of carbonyl (C=O) groups excluding carboxylic acids is 1. The van der Waals surface area contributed by atoms with Crippen molar-refractivity contribution in [3.05, 3.63) is 28.8 Å². The quantitative estimate of drug-likeness (QED) is 0.813. The molecule has 0 aliphatic carbocycles. The molecule has 0 spiro atoms. The van der Waals surface area contributed by atoms with Crippen molar-refractivity contribution in [1.82, 2.24) is 5.32 Å². The second-order valence-electron chi connectivity index (χ2n) is 4.64. The van der Waals surface area contributed by atoms with Crippen LogP contribution in [-0.4, -0.2) is 26.0 Å². The van der Waals surface area contributed by atoms with Crippen LogP contribution in [0.3, 0.4) is 0 Å². The zero-order valence-corrected chi connectivity index (χ0v) is 10.7. The lowest BCUT2D eigenvalue weighted by Crippen LogP contribution is -2.19. The molecular formula is C14H19NO2. The summed E-state index contributed by atoms with van der Waals surface area (Å²) in [5.74, 6) is 1.04. The molecule has 3 heteroatoms.